The fourth-order valence-corrected chi connectivity index (χ4v) is 11.5. The molecule has 0 spiro atoms. The number of aliphatic hydroxyl groups is 1. The zero-order valence-electron chi connectivity index (χ0n) is 63.5. The summed E-state index contributed by atoms with van der Waals surface area (Å²) in [4.78, 5) is 72.9. The van der Waals surface area contributed by atoms with Crippen molar-refractivity contribution in [2.24, 2.45) is 0 Å². The van der Waals surface area contributed by atoms with Crippen LogP contribution in [0.1, 0.15) is 297 Å². The first-order valence-electron chi connectivity index (χ1n) is 39.1. The van der Waals surface area contributed by atoms with Gasteiger partial charge in [-0.25, -0.2) is 9.13 Å². The van der Waals surface area contributed by atoms with E-state index in [9.17, 15) is 43.2 Å². The number of rotatable bonds is 72. The van der Waals surface area contributed by atoms with Crippen molar-refractivity contribution in [2.45, 2.75) is 316 Å². The number of phosphoric acid groups is 2. The monoisotopic (exact) mass is 1470 g/mol. The van der Waals surface area contributed by atoms with Crippen molar-refractivity contribution in [3.63, 3.8) is 0 Å². The number of aliphatic hydroxyl groups excluding tert-OH is 1. The standard InChI is InChI=1S/C83H138O17P2/c1-5-9-13-17-21-25-29-33-36-37-38-39-42-45-48-52-56-60-64-68-81(86)94-73-78(99-82(87)69-65-61-57-53-49-43-32-28-24-20-16-12-8-4)75-97-101(89,90)95-71-77(84)72-96-102(91,92)98-76-79(100-83(88)70-66-62-58-54-50-46-41-35-31-27-23-19-15-11-7-3)74-93-80(85)67-63-59-55-51-47-44-40-34-30-26-22-18-14-10-6-2/h9-11,13-15,21-23,25-27,33-36,38-41,47,50-51,54,77-79,84H,5-8,12,16-20,24,28-32,37,42-46,48-49,52-53,55-76H2,1-4H3,(H,89,90)(H,91,92)/b13-9-,14-10-,15-11-,25-21-,26-22-,27-23-,36-33-,39-38-,40-34-,41-35-,51-47-,54-50-. The van der Waals surface area contributed by atoms with E-state index in [0.29, 0.717) is 32.1 Å². The van der Waals surface area contributed by atoms with E-state index in [2.05, 4.69) is 174 Å². The van der Waals surface area contributed by atoms with Crippen LogP contribution in [0, 0.1) is 0 Å². The summed E-state index contributed by atoms with van der Waals surface area (Å²) < 4.78 is 68.5. The van der Waals surface area contributed by atoms with Crippen LogP contribution >= 0.6 is 15.6 Å². The molecule has 0 aliphatic heterocycles. The maximum Gasteiger partial charge on any atom is 0.472 e. The van der Waals surface area contributed by atoms with E-state index in [1.807, 2.05) is 0 Å². The second kappa shape index (κ2) is 74.2. The predicted octanol–water partition coefficient (Wildman–Crippen LogP) is 22.7. The molecule has 0 amide bonds. The van der Waals surface area contributed by atoms with Gasteiger partial charge in [0.15, 0.2) is 12.2 Å². The largest absolute Gasteiger partial charge is 0.472 e. The molecule has 0 aromatic heterocycles. The van der Waals surface area contributed by atoms with Crippen LogP contribution in [0.3, 0.4) is 0 Å². The Morgan fingerprint density at radius 1 is 0.284 bits per heavy atom. The maximum absolute atomic E-state index is 13.1. The van der Waals surface area contributed by atoms with Crippen LogP contribution in [0.4, 0.5) is 0 Å². The smallest absolute Gasteiger partial charge is 0.462 e. The first-order valence-corrected chi connectivity index (χ1v) is 42.1. The minimum Gasteiger partial charge on any atom is -0.462 e. The molecule has 0 fully saturated rings. The van der Waals surface area contributed by atoms with Gasteiger partial charge in [-0.2, -0.15) is 0 Å². The third kappa shape index (κ3) is 73.3. The summed E-state index contributed by atoms with van der Waals surface area (Å²) in [7, 11) is -9.99. The number of esters is 4. The van der Waals surface area contributed by atoms with Gasteiger partial charge in [0.05, 0.1) is 26.4 Å². The summed E-state index contributed by atoms with van der Waals surface area (Å²) in [6, 6.07) is 0. The van der Waals surface area contributed by atoms with Crippen LogP contribution in [0.2, 0.25) is 0 Å². The molecule has 0 radical (unpaired) electrons. The van der Waals surface area contributed by atoms with E-state index in [4.69, 9.17) is 37.0 Å². The van der Waals surface area contributed by atoms with Gasteiger partial charge in [0.1, 0.15) is 19.3 Å². The number of phosphoric ester groups is 2. The number of carbonyl (C=O) groups excluding carboxylic acids is 4. The summed E-state index contributed by atoms with van der Waals surface area (Å²) >= 11 is 0. The van der Waals surface area contributed by atoms with Crippen LogP contribution in [0.25, 0.3) is 0 Å². The Bertz CT molecular complexity index is 2510. The van der Waals surface area contributed by atoms with Gasteiger partial charge in [-0.05, 0) is 141 Å². The second-order valence-corrected chi connectivity index (χ2v) is 28.4. The highest BCUT2D eigenvalue weighted by atomic mass is 31.2. The first kappa shape index (κ1) is 96.9. The fraction of sp³-hybridized carbons (Fsp3) is 0.663. The minimum absolute atomic E-state index is 0.0296. The van der Waals surface area contributed by atoms with Gasteiger partial charge in [0.25, 0.3) is 0 Å². The predicted molar refractivity (Wildman–Crippen MR) is 417 cm³/mol. The molecule has 0 aliphatic carbocycles. The second-order valence-electron chi connectivity index (χ2n) is 25.5. The molecular formula is C83H138O17P2. The molecular weight excluding hydrogens is 1330 g/mol. The first-order chi connectivity index (χ1) is 49.7. The number of ether oxygens (including phenoxy) is 4. The molecule has 0 rings (SSSR count). The normalized spacial score (nSPS) is 14.7. The Morgan fingerprint density at radius 3 is 0.804 bits per heavy atom. The van der Waals surface area contributed by atoms with Crippen molar-refractivity contribution < 1.29 is 80.2 Å². The van der Waals surface area contributed by atoms with Gasteiger partial charge in [-0.3, -0.25) is 37.3 Å². The average molecular weight is 1470 g/mol. The lowest BCUT2D eigenvalue weighted by Gasteiger charge is -2.21. The van der Waals surface area contributed by atoms with Crippen molar-refractivity contribution in [2.75, 3.05) is 39.6 Å². The van der Waals surface area contributed by atoms with Crippen LogP contribution in [0.15, 0.2) is 146 Å². The molecule has 3 N–H and O–H groups in total. The highest BCUT2D eigenvalue weighted by molar-refractivity contribution is 7.47. The van der Waals surface area contributed by atoms with E-state index < -0.39 is 97.5 Å². The van der Waals surface area contributed by atoms with E-state index in [0.717, 1.165) is 161 Å². The number of unbranched alkanes of at least 4 members (excludes halogenated alkanes) is 22. The third-order valence-corrected chi connectivity index (χ3v) is 17.7. The van der Waals surface area contributed by atoms with Gasteiger partial charge in [-0.15, -0.1) is 0 Å². The molecule has 0 saturated heterocycles. The van der Waals surface area contributed by atoms with Crippen LogP contribution in [0.5, 0.6) is 0 Å². The van der Waals surface area contributed by atoms with E-state index in [1.54, 1.807) is 0 Å². The van der Waals surface area contributed by atoms with Gasteiger partial charge in [0, 0.05) is 25.7 Å². The Balaban J connectivity index is 5.42. The van der Waals surface area contributed by atoms with Gasteiger partial charge in [0.2, 0.25) is 0 Å². The lowest BCUT2D eigenvalue weighted by Crippen LogP contribution is -2.30. The molecule has 5 atom stereocenters. The molecule has 0 saturated carbocycles. The Labute approximate surface area is 617 Å². The molecule has 0 aliphatic rings. The van der Waals surface area contributed by atoms with Crippen molar-refractivity contribution in [1.29, 1.82) is 0 Å². The zero-order chi connectivity index (χ0) is 74.6. The fourth-order valence-electron chi connectivity index (χ4n) is 9.96. The SMILES string of the molecule is CC/C=C\C/C=C\C/C=C\C/C=C\CCCCCCCCC(=O)OCC(COP(=O)(O)OCC(O)COP(=O)(O)OCC(COC(=O)CCCC/C=C\C/C=C\C/C=C\C/C=C\CC)OC(=O)CCCC/C=C\C/C=C\C/C=C\C/C=C\CC)OC(=O)CCCCCCCCCCCCCCC. The zero-order valence-corrected chi connectivity index (χ0v) is 65.3. The van der Waals surface area contributed by atoms with Gasteiger partial charge in [-0.1, -0.05) is 276 Å². The van der Waals surface area contributed by atoms with E-state index in [-0.39, 0.29) is 25.7 Å². The maximum atomic E-state index is 13.1. The number of carbonyl (C=O) groups is 4. The van der Waals surface area contributed by atoms with Crippen LogP contribution in [-0.4, -0.2) is 96.7 Å². The molecule has 17 nitrogen and oxygen atoms in total. The van der Waals surface area contributed by atoms with E-state index >= 15 is 0 Å². The van der Waals surface area contributed by atoms with Crippen molar-refractivity contribution >= 4 is 39.5 Å². The highest BCUT2D eigenvalue weighted by Crippen LogP contribution is 2.45. The molecule has 0 aromatic rings. The average Bonchev–Trinajstić information content (AvgIpc) is 0.908. The highest BCUT2D eigenvalue weighted by Gasteiger charge is 2.30. The van der Waals surface area contributed by atoms with Gasteiger partial charge < -0.3 is 33.8 Å². The van der Waals surface area contributed by atoms with Crippen molar-refractivity contribution in [1.82, 2.24) is 0 Å². The summed E-state index contributed by atoms with van der Waals surface area (Å²) in [5, 5.41) is 10.6. The minimum atomic E-state index is -5.00. The number of allylic oxidation sites excluding steroid dienone is 24. The summed E-state index contributed by atoms with van der Waals surface area (Å²) in [5.74, 6) is -2.29. The Hall–Kier alpha value is -5.06. The van der Waals surface area contributed by atoms with Crippen molar-refractivity contribution in [3.8, 4) is 0 Å². The van der Waals surface area contributed by atoms with Crippen LogP contribution in [-0.2, 0) is 65.4 Å². The Kier molecular flexibility index (Phi) is 70.5. The van der Waals surface area contributed by atoms with Crippen molar-refractivity contribution in [3.05, 3.63) is 146 Å². The lowest BCUT2D eigenvalue weighted by molar-refractivity contribution is -0.161. The van der Waals surface area contributed by atoms with E-state index in [1.165, 1.54) is 51.4 Å². The quantitative estimate of drug-likeness (QED) is 0.0169. The molecule has 0 aromatic carbocycles. The summed E-state index contributed by atoms with van der Waals surface area (Å²) in [5.41, 5.74) is 0. The molecule has 0 heterocycles. The third-order valence-electron chi connectivity index (χ3n) is 15.8. The molecule has 19 heteroatoms. The molecule has 5 unspecified atom stereocenters. The lowest BCUT2D eigenvalue weighted by atomic mass is 10.0. The molecule has 0 bridgehead atoms. The summed E-state index contributed by atoms with van der Waals surface area (Å²) in [6.07, 6.45) is 84.1. The number of hydrogen-bond acceptors (Lipinski definition) is 15. The Morgan fingerprint density at radius 2 is 0.510 bits per heavy atom. The number of hydrogen-bond donors (Lipinski definition) is 3. The summed E-state index contributed by atoms with van der Waals surface area (Å²) in [6.45, 7) is 4.42. The van der Waals surface area contributed by atoms with Crippen LogP contribution < -0.4 is 0 Å². The molecule has 582 valence electrons. The topological polar surface area (TPSA) is 237 Å². The van der Waals surface area contributed by atoms with Gasteiger partial charge >= 0.3 is 39.5 Å². The molecule has 102 heavy (non-hydrogen) atoms.